The molecule has 2 amide bonds. The van der Waals surface area contributed by atoms with Crippen LogP contribution >= 0.6 is 11.8 Å². The average Bonchev–Trinajstić information content (AvgIpc) is 3.47. The van der Waals surface area contributed by atoms with Crippen molar-refractivity contribution in [1.29, 1.82) is 0 Å². The maximum atomic E-state index is 13.5. The summed E-state index contributed by atoms with van der Waals surface area (Å²) in [5.74, 6) is -2.14. The number of ether oxygens (including phenoxy) is 2. The van der Waals surface area contributed by atoms with Crippen LogP contribution in [0.5, 0.6) is 0 Å². The highest BCUT2D eigenvalue weighted by Crippen LogP contribution is 2.45. The molecule has 49 heavy (non-hydrogen) atoms. The second-order valence-corrected chi connectivity index (χ2v) is 12.7. The molecule has 0 radical (unpaired) electrons. The molecule has 248 valence electrons. The van der Waals surface area contributed by atoms with E-state index in [-0.39, 0.29) is 24.6 Å². The molecule has 4 aromatic carbocycles. The summed E-state index contributed by atoms with van der Waals surface area (Å²) in [4.78, 5) is 64.8. The molecule has 0 spiro atoms. The van der Waals surface area contributed by atoms with Gasteiger partial charge in [-0.25, -0.2) is 9.59 Å². The van der Waals surface area contributed by atoms with E-state index < -0.39 is 51.6 Å². The first-order valence-electron chi connectivity index (χ1n) is 15.5. The number of carbonyl (C=O) groups is 4. The zero-order valence-electron chi connectivity index (χ0n) is 26.0. The van der Waals surface area contributed by atoms with Gasteiger partial charge >= 0.3 is 11.9 Å². The Morgan fingerprint density at radius 1 is 0.857 bits per heavy atom. The third-order valence-electron chi connectivity index (χ3n) is 8.14. The maximum Gasteiger partial charge on any atom is 0.331 e. The van der Waals surface area contributed by atoms with Gasteiger partial charge in [0.1, 0.15) is 24.1 Å². The van der Waals surface area contributed by atoms with Gasteiger partial charge in [-0.05, 0) is 34.4 Å². The molecule has 4 aromatic rings. The number of non-ortho nitro benzene ring substituents is 1. The minimum Gasteiger partial charge on any atom is -0.459 e. The van der Waals surface area contributed by atoms with Gasteiger partial charge in [0.2, 0.25) is 11.8 Å². The number of nitro groups is 1. The fourth-order valence-electron chi connectivity index (χ4n) is 5.72. The lowest BCUT2D eigenvalue weighted by molar-refractivity contribution is -0.384. The van der Waals surface area contributed by atoms with Gasteiger partial charge in [0.05, 0.1) is 16.6 Å². The Kier molecular flexibility index (Phi) is 10.1. The molecule has 2 saturated heterocycles. The predicted octanol–water partition coefficient (Wildman–Crippen LogP) is 4.91. The van der Waals surface area contributed by atoms with Gasteiger partial charge in [0.25, 0.3) is 5.69 Å². The number of β-lactam (4-membered cyclic amide) rings is 1. The van der Waals surface area contributed by atoms with E-state index in [1.54, 1.807) is 0 Å². The maximum absolute atomic E-state index is 13.5. The number of hydrogen-bond donors (Lipinski definition) is 1. The third-order valence-corrected chi connectivity index (χ3v) is 9.65. The van der Waals surface area contributed by atoms with Crippen molar-refractivity contribution in [3.05, 3.63) is 160 Å². The SMILES string of the molecule is O=C(Cc1ccccc1)NC1C(=O)N2C1SC(C=CC(=O)OC(c1ccccc1)c1ccccc1)C2C(=O)OCc1ccc([N+](=O)[O-])cc1. The van der Waals surface area contributed by atoms with Crippen molar-refractivity contribution in [2.24, 2.45) is 0 Å². The van der Waals surface area contributed by atoms with Crippen molar-refractivity contribution in [3.8, 4) is 0 Å². The molecule has 0 aromatic heterocycles. The Bertz CT molecular complexity index is 1820. The van der Waals surface area contributed by atoms with Crippen molar-refractivity contribution in [2.45, 2.75) is 41.8 Å². The number of carbonyl (C=O) groups excluding carboxylic acids is 4. The third kappa shape index (κ3) is 7.71. The molecule has 0 bridgehead atoms. The van der Waals surface area contributed by atoms with Gasteiger partial charge in [0.15, 0.2) is 6.10 Å². The van der Waals surface area contributed by atoms with Gasteiger partial charge in [-0.3, -0.25) is 19.7 Å². The molecule has 0 saturated carbocycles. The molecule has 2 heterocycles. The molecule has 0 aliphatic carbocycles. The molecule has 6 rings (SSSR count). The lowest BCUT2D eigenvalue weighted by Crippen LogP contribution is -2.70. The van der Waals surface area contributed by atoms with Crippen LogP contribution in [0.3, 0.4) is 0 Å². The summed E-state index contributed by atoms with van der Waals surface area (Å²) in [7, 11) is 0. The van der Waals surface area contributed by atoms with Gasteiger partial charge < -0.3 is 19.7 Å². The number of thioether (sulfide) groups is 1. The Morgan fingerprint density at radius 2 is 1.45 bits per heavy atom. The summed E-state index contributed by atoms with van der Waals surface area (Å²) in [5, 5.41) is 12.5. The Morgan fingerprint density at radius 3 is 2.04 bits per heavy atom. The van der Waals surface area contributed by atoms with Crippen LogP contribution in [0.1, 0.15) is 28.4 Å². The number of esters is 2. The topological polar surface area (TPSA) is 145 Å². The number of benzene rings is 4. The molecule has 12 heteroatoms. The summed E-state index contributed by atoms with van der Waals surface area (Å²) in [6, 6.07) is 31.3. The molecule has 4 unspecified atom stereocenters. The van der Waals surface area contributed by atoms with Crippen LogP contribution in [0.4, 0.5) is 5.69 Å². The van der Waals surface area contributed by atoms with Crippen LogP contribution in [0.25, 0.3) is 0 Å². The minimum absolute atomic E-state index is 0.0852. The normalized spacial score (nSPS) is 19.6. The number of fused-ring (bicyclic) bond motifs is 1. The van der Waals surface area contributed by atoms with E-state index in [9.17, 15) is 29.3 Å². The van der Waals surface area contributed by atoms with E-state index in [0.29, 0.717) is 5.56 Å². The number of nitrogens with zero attached hydrogens (tertiary/aromatic N) is 2. The summed E-state index contributed by atoms with van der Waals surface area (Å²) in [6.07, 6.45) is 2.17. The number of hydrogen-bond acceptors (Lipinski definition) is 9. The fraction of sp³-hybridized carbons (Fsp3) is 0.189. The monoisotopic (exact) mass is 677 g/mol. The highest BCUT2D eigenvalue weighted by Gasteiger charge is 2.61. The first kappa shape index (κ1) is 33.2. The molecular weight excluding hydrogens is 646 g/mol. The molecule has 4 atom stereocenters. The second-order valence-electron chi connectivity index (χ2n) is 11.4. The molecule has 11 nitrogen and oxygen atoms in total. The summed E-state index contributed by atoms with van der Waals surface area (Å²) in [5.41, 5.74) is 2.77. The van der Waals surface area contributed by atoms with Crippen LogP contribution in [0.15, 0.2) is 127 Å². The van der Waals surface area contributed by atoms with E-state index in [4.69, 9.17) is 9.47 Å². The van der Waals surface area contributed by atoms with Crippen LogP contribution in [-0.2, 0) is 41.7 Å². The van der Waals surface area contributed by atoms with Gasteiger partial charge in [0, 0.05) is 18.2 Å². The van der Waals surface area contributed by atoms with Crippen LogP contribution in [-0.4, -0.2) is 56.3 Å². The highest BCUT2D eigenvalue weighted by atomic mass is 32.2. The Labute approximate surface area is 286 Å². The van der Waals surface area contributed by atoms with Crippen LogP contribution in [0.2, 0.25) is 0 Å². The lowest BCUT2D eigenvalue weighted by Gasteiger charge is -2.43. The van der Waals surface area contributed by atoms with Crippen LogP contribution < -0.4 is 5.32 Å². The second kappa shape index (κ2) is 15.0. The van der Waals surface area contributed by atoms with Crippen LogP contribution in [0, 0.1) is 10.1 Å². The zero-order chi connectivity index (χ0) is 34.3. The fourth-order valence-corrected chi connectivity index (χ4v) is 7.31. The zero-order valence-corrected chi connectivity index (χ0v) is 26.8. The summed E-state index contributed by atoms with van der Waals surface area (Å²) < 4.78 is 11.5. The number of amides is 2. The standard InChI is InChI=1S/C37H31N3O8S/c41-30(22-24-10-4-1-5-11-24)38-32-35(43)39-33(37(44)47-23-25-16-18-28(19-17-25)40(45)46)29(49-36(32)39)20-21-31(42)48-34(26-12-6-2-7-13-26)27-14-8-3-9-15-27/h1-21,29,32-34,36H,22-23H2,(H,38,41). The summed E-state index contributed by atoms with van der Waals surface area (Å²) in [6.45, 7) is -0.184. The number of rotatable bonds is 12. The lowest BCUT2D eigenvalue weighted by atomic mass is 10.0. The van der Waals surface area contributed by atoms with Gasteiger partial charge in [-0.15, -0.1) is 11.8 Å². The molecule has 2 aliphatic rings. The smallest absolute Gasteiger partial charge is 0.331 e. The largest absolute Gasteiger partial charge is 0.459 e. The quantitative estimate of drug-likeness (QED) is 0.0727. The predicted molar refractivity (Wildman–Crippen MR) is 181 cm³/mol. The van der Waals surface area contributed by atoms with E-state index in [1.165, 1.54) is 53.1 Å². The summed E-state index contributed by atoms with van der Waals surface area (Å²) >= 11 is 1.26. The minimum atomic E-state index is -1.09. The number of nitrogens with one attached hydrogen (secondary N) is 1. The van der Waals surface area contributed by atoms with Crippen molar-refractivity contribution in [2.75, 3.05) is 0 Å². The average molecular weight is 678 g/mol. The van der Waals surface area contributed by atoms with E-state index in [2.05, 4.69) is 5.32 Å². The van der Waals surface area contributed by atoms with Crippen molar-refractivity contribution >= 4 is 41.2 Å². The van der Waals surface area contributed by atoms with E-state index in [0.717, 1.165) is 16.7 Å². The first-order chi connectivity index (χ1) is 23.8. The Hall–Kier alpha value is -5.75. The van der Waals surface area contributed by atoms with Gasteiger partial charge in [-0.1, -0.05) is 97.1 Å². The van der Waals surface area contributed by atoms with Gasteiger partial charge in [-0.2, -0.15) is 0 Å². The molecule has 1 N–H and O–H groups in total. The Balaban J connectivity index is 1.18. The van der Waals surface area contributed by atoms with Crippen molar-refractivity contribution in [1.82, 2.24) is 10.2 Å². The molecular formula is C37H31N3O8S. The first-order valence-corrected chi connectivity index (χ1v) is 16.4. The highest BCUT2D eigenvalue weighted by molar-refractivity contribution is 8.01. The molecule has 2 fully saturated rings. The molecule has 2 aliphatic heterocycles. The number of nitro benzene ring substituents is 1. The van der Waals surface area contributed by atoms with E-state index in [1.807, 2.05) is 91.0 Å². The van der Waals surface area contributed by atoms with Crippen molar-refractivity contribution in [3.63, 3.8) is 0 Å². The van der Waals surface area contributed by atoms with Crippen molar-refractivity contribution < 1.29 is 33.6 Å². The van der Waals surface area contributed by atoms with E-state index >= 15 is 0 Å².